The van der Waals surface area contributed by atoms with Gasteiger partial charge in [-0.1, -0.05) is 83.9 Å². The number of fused-ring (bicyclic) bond motifs is 4. The van der Waals surface area contributed by atoms with Crippen LogP contribution in [0.25, 0.3) is 11.5 Å². The third-order valence-corrected chi connectivity index (χ3v) is 14.0. The largest absolute Gasteiger partial charge is 0.416 e. The maximum absolute atomic E-state index is 12.8. The van der Waals surface area contributed by atoms with Crippen LogP contribution in [0.1, 0.15) is 18.0 Å². The second kappa shape index (κ2) is 14.5. The quantitative estimate of drug-likeness (QED) is 0.236. The van der Waals surface area contributed by atoms with Gasteiger partial charge in [-0.25, -0.2) is 18.6 Å². The van der Waals surface area contributed by atoms with E-state index in [1.165, 1.54) is 15.9 Å². The fourth-order valence-corrected chi connectivity index (χ4v) is 12.0. The van der Waals surface area contributed by atoms with Crippen LogP contribution in [0.5, 0.6) is 0 Å². The van der Waals surface area contributed by atoms with E-state index in [1.807, 2.05) is 22.8 Å². The molecule has 6 aromatic rings. The van der Waals surface area contributed by atoms with E-state index in [0.717, 1.165) is 30.0 Å². The first kappa shape index (κ1) is 35.4. The van der Waals surface area contributed by atoms with Crippen molar-refractivity contribution in [3.05, 3.63) is 153 Å². The molecule has 0 saturated carbocycles. The van der Waals surface area contributed by atoms with Gasteiger partial charge in [0.25, 0.3) is 16.9 Å². The van der Waals surface area contributed by atoms with E-state index in [0.29, 0.717) is 40.5 Å². The lowest BCUT2D eigenvalue weighted by atomic mass is 9.83. The number of anilines is 1. The van der Waals surface area contributed by atoms with Crippen LogP contribution in [0.4, 0.5) is 5.88 Å². The summed E-state index contributed by atoms with van der Waals surface area (Å²) in [4.78, 5) is 20.7. The summed E-state index contributed by atoms with van der Waals surface area (Å²) in [6.45, 7) is 2.16. The lowest BCUT2D eigenvalue weighted by Crippen LogP contribution is -2.68. The monoisotopic (exact) mass is 761 g/mol. The number of piperidine rings is 1. The number of oxazole rings is 1. The van der Waals surface area contributed by atoms with Crippen molar-refractivity contribution in [3.8, 4) is 11.5 Å². The lowest BCUT2D eigenvalue weighted by Gasteiger charge is -2.42. The Morgan fingerprint density at radius 3 is 1.84 bits per heavy atom. The minimum absolute atomic E-state index is 0.0721. The summed E-state index contributed by atoms with van der Waals surface area (Å²) in [5.74, 6) is 1.71. The molecule has 0 spiro atoms. The summed E-state index contributed by atoms with van der Waals surface area (Å²) < 4.78 is 42.9. The molecule has 2 aliphatic heterocycles. The fourth-order valence-electron chi connectivity index (χ4n) is 7.34. The van der Waals surface area contributed by atoms with Crippen LogP contribution < -0.4 is 50.4 Å². The topological polar surface area (TPSA) is 144 Å². The molecule has 13 heteroatoms. The molecular formula is C38H31Cl3N3O6P. The van der Waals surface area contributed by atoms with Crippen molar-refractivity contribution in [2.24, 2.45) is 5.92 Å². The number of rotatable bonds is 6. The molecule has 2 bridgehead atoms. The van der Waals surface area contributed by atoms with E-state index < -0.39 is 17.5 Å². The Kier molecular flexibility index (Phi) is 10.1. The molecule has 0 radical (unpaired) electrons. The summed E-state index contributed by atoms with van der Waals surface area (Å²) in [6.07, 6.45) is 1.04. The van der Waals surface area contributed by atoms with Crippen molar-refractivity contribution in [1.29, 1.82) is 0 Å². The highest BCUT2D eigenvalue weighted by molar-refractivity contribution is 8.01. The van der Waals surface area contributed by atoms with Gasteiger partial charge in [0, 0.05) is 42.3 Å². The van der Waals surface area contributed by atoms with Crippen molar-refractivity contribution in [1.82, 2.24) is 9.55 Å². The summed E-state index contributed by atoms with van der Waals surface area (Å²) in [5, 5.41) is 4.59. The Morgan fingerprint density at radius 2 is 1.29 bits per heavy atom. The maximum atomic E-state index is 12.8. The Hall–Kier alpha value is -4.02. The lowest BCUT2D eigenvalue weighted by molar-refractivity contribution is -2.00. The highest BCUT2D eigenvalue weighted by Crippen LogP contribution is 2.57. The fraction of sp³-hybridized carbons (Fsp3) is 0.158. The van der Waals surface area contributed by atoms with E-state index in [4.69, 9.17) is 51.2 Å². The number of benzene rings is 4. The zero-order valence-electron chi connectivity index (χ0n) is 27.0. The van der Waals surface area contributed by atoms with Crippen molar-refractivity contribution in [2.45, 2.75) is 18.9 Å². The Labute approximate surface area is 307 Å². The molecule has 4 aromatic carbocycles. The molecule has 9 nitrogen and oxygen atoms in total. The van der Waals surface area contributed by atoms with E-state index in [2.05, 4.69) is 102 Å². The molecule has 1 fully saturated rings. The number of pyridine rings is 1. The molecule has 8 rings (SSSR count). The van der Waals surface area contributed by atoms with Gasteiger partial charge in [0.2, 0.25) is 5.89 Å². The average molecular weight is 763 g/mol. The van der Waals surface area contributed by atoms with Crippen LogP contribution in [0.15, 0.2) is 137 Å². The van der Waals surface area contributed by atoms with Crippen LogP contribution >= 0.6 is 30.5 Å². The summed E-state index contributed by atoms with van der Waals surface area (Å²) >= 11 is 13.1. The van der Waals surface area contributed by atoms with Gasteiger partial charge in [-0.3, -0.25) is 4.79 Å². The average Bonchev–Trinajstić information content (AvgIpc) is 3.55. The van der Waals surface area contributed by atoms with E-state index in [1.54, 1.807) is 12.1 Å². The van der Waals surface area contributed by atoms with Crippen molar-refractivity contribution < 1.29 is 33.3 Å². The number of halogens is 3. The predicted molar refractivity (Wildman–Crippen MR) is 191 cm³/mol. The summed E-state index contributed by atoms with van der Waals surface area (Å²) in [5.41, 5.74) is 2.76. The third-order valence-electron chi connectivity index (χ3n) is 9.27. The van der Waals surface area contributed by atoms with Crippen molar-refractivity contribution in [2.75, 3.05) is 18.0 Å². The Balaban J connectivity index is 0.000000761. The third kappa shape index (κ3) is 7.22. The van der Waals surface area contributed by atoms with E-state index >= 15 is 0 Å². The van der Waals surface area contributed by atoms with Gasteiger partial charge in [-0.05, 0) is 73.0 Å². The van der Waals surface area contributed by atoms with Crippen LogP contribution in [0, 0.1) is 16.2 Å². The SMILES string of the molecule is O=c1cccc2n1C[C@H]1C[C@H]2CN(c2oc(-c3ccc(Cl)cc3Cl)nc2[P+](c2ccccc2)(c2ccccc2)c2ccccc2)C1.[O-][Cl+3]([O-])([O-])[O-]. The molecule has 0 amide bonds. The molecule has 1 saturated heterocycles. The van der Waals surface area contributed by atoms with Crippen molar-refractivity contribution in [3.63, 3.8) is 0 Å². The molecule has 2 aromatic heterocycles. The Bertz CT molecular complexity index is 2090. The van der Waals surface area contributed by atoms with Gasteiger partial charge in [0.1, 0.15) is 15.9 Å². The predicted octanol–water partition coefficient (Wildman–Crippen LogP) is 2.30. The number of hydrogen-bond acceptors (Lipinski definition) is 8. The first-order valence-corrected chi connectivity index (χ1v) is 19.9. The molecular weight excluding hydrogens is 732 g/mol. The summed E-state index contributed by atoms with van der Waals surface area (Å²) in [6, 6.07) is 43.2. The van der Waals surface area contributed by atoms with Gasteiger partial charge in [0.05, 0.1) is 10.6 Å². The van der Waals surface area contributed by atoms with Gasteiger partial charge < -0.3 is 13.9 Å². The normalized spacial score (nSPS) is 16.9. The molecule has 51 heavy (non-hydrogen) atoms. The van der Waals surface area contributed by atoms with Gasteiger partial charge in [-0.15, -0.1) is 10.2 Å². The summed E-state index contributed by atoms with van der Waals surface area (Å²) in [7, 11) is -7.55. The second-order valence-electron chi connectivity index (χ2n) is 12.4. The van der Waals surface area contributed by atoms with Crippen LogP contribution in [-0.2, 0) is 6.54 Å². The van der Waals surface area contributed by atoms with Gasteiger partial charge >= 0.3 is 0 Å². The Morgan fingerprint density at radius 1 is 0.725 bits per heavy atom. The van der Waals surface area contributed by atoms with Gasteiger partial charge in [-0.2, -0.15) is 4.98 Å². The number of hydrogen-bond donors (Lipinski definition) is 0. The maximum Gasteiger partial charge on any atom is 0.262 e. The number of aromatic nitrogens is 2. The van der Waals surface area contributed by atoms with Crippen LogP contribution in [0.2, 0.25) is 10.0 Å². The molecule has 260 valence electrons. The highest BCUT2D eigenvalue weighted by Gasteiger charge is 2.54. The van der Waals surface area contributed by atoms with E-state index in [9.17, 15) is 4.79 Å². The zero-order chi connectivity index (χ0) is 35.8. The minimum Gasteiger partial charge on any atom is -0.416 e. The minimum atomic E-state index is -4.94. The van der Waals surface area contributed by atoms with Crippen LogP contribution in [0.3, 0.4) is 0 Å². The molecule has 2 atom stereocenters. The molecule has 0 unspecified atom stereocenters. The smallest absolute Gasteiger partial charge is 0.262 e. The molecule has 4 heterocycles. The first-order valence-electron chi connectivity index (χ1n) is 16.1. The van der Waals surface area contributed by atoms with Crippen molar-refractivity contribution >= 4 is 57.7 Å². The second-order valence-corrected chi connectivity index (χ2v) is 17.3. The molecule has 2 aliphatic rings. The molecule has 0 aliphatic carbocycles. The standard InChI is InChI=1S/C38H31Cl2N3O2P.ClHO4/c39-28-19-20-32(33(40)22-28)36-41-37(38(45-36)42-23-26-21-27(25-42)34-17-10-18-35(44)43(34)24-26)46(29-11-4-1-5-12-29,30-13-6-2-7-14-30)31-15-8-3-9-16-31;2-1(3,4)5/h1-20,22,26-27H,21,23-25H2;(H,2,3,4,5)/q+1;/p-1/t26-,27-;/m0./s1. The zero-order valence-corrected chi connectivity index (χ0v) is 30.1. The van der Waals surface area contributed by atoms with Gasteiger partial charge in [0.15, 0.2) is 7.26 Å². The molecule has 0 N–H and O–H groups in total. The first-order chi connectivity index (χ1) is 24.5. The highest BCUT2D eigenvalue weighted by atomic mass is 35.7. The number of nitrogens with zero attached hydrogens (tertiary/aromatic N) is 3. The van der Waals surface area contributed by atoms with Crippen LogP contribution in [-0.4, -0.2) is 22.6 Å². The van der Waals surface area contributed by atoms with E-state index in [-0.39, 0.29) is 11.5 Å².